The molecule has 0 unspecified atom stereocenters. The van der Waals surface area contributed by atoms with E-state index in [1.54, 1.807) is 23.3 Å². The van der Waals surface area contributed by atoms with Crippen molar-refractivity contribution in [3.8, 4) is 5.69 Å². The molecule has 0 aliphatic carbocycles. The maximum atomic E-state index is 5.82. The van der Waals surface area contributed by atoms with Gasteiger partial charge in [0.25, 0.3) is 0 Å². The molecule has 0 radical (unpaired) electrons. The average molecular weight is 294 g/mol. The number of nitrogens with two attached hydrogens (primary N) is 1. The van der Waals surface area contributed by atoms with Gasteiger partial charge < -0.3 is 5.73 Å². The van der Waals surface area contributed by atoms with Gasteiger partial charge in [0.05, 0.1) is 23.8 Å². The molecule has 0 bridgehead atoms. The summed E-state index contributed by atoms with van der Waals surface area (Å²) in [6.45, 7) is 6.01. The monoisotopic (exact) mass is 294 g/mol. The van der Waals surface area contributed by atoms with Crippen LogP contribution in [0.2, 0.25) is 0 Å². The average Bonchev–Trinajstić information content (AvgIpc) is 3.07. The number of benzene rings is 1. The van der Waals surface area contributed by atoms with Gasteiger partial charge in [-0.05, 0) is 44.0 Å². The first kappa shape index (κ1) is 14.1. The van der Waals surface area contributed by atoms with Crippen LogP contribution in [0.1, 0.15) is 22.4 Å². The standard InChI is InChI=1S/C16H18N6/c1-11-7-12(2)14(15(8-11)21-6-4-5-18-21)9-19-22-10-13(3)20-16(22)17/h4-10H,1-3H3,(H2,17,20). The van der Waals surface area contributed by atoms with Gasteiger partial charge >= 0.3 is 0 Å². The van der Waals surface area contributed by atoms with E-state index in [1.807, 2.05) is 23.9 Å². The molecule has 0 saturated heterocycles. The summed E-state index contributed by atoms with van der Waals surface area (Å²) in [6, 6.07) is 6.11. The van der Waals surface area contributed by atoms with E-state index < -0.39 is 0 Å². The van der Waals surface area contributed by atoms with Crippen LogP contribution in [0.5, 0.6) is 0 Å². The topological polar surface area (TPSA) is 74.0 Å². The molecule has 0 amide bonds. The molecule has 0 atom stereocenters. The van der Waals surface area contributed by atoms with Crippen LogP contribution in [0.15, 0.2) is 41.9 Å². The van der Waals surface area contributed by atoms with E-state index >= 15 is 0 Å². The van der Waals surface area contributed by atoms with Crippen molar-refractivity contribution >= 4 is 12.2 Å². The van der Waals surface area contributed by atoms with E-state index in [-0.39, 0.29) is 0 Å². The summed E-state index contributed by atoms with van der Waals surface area (Å²) >= 11 is 0. The van der Waals surface area contributed by atoms with Gasteiger partial charge in [0.15, 0.2) is 0 Å². The molecule has 6 nitrogen and oxygen atoms in total. The van der Waals surface area contributed by atoms with Crippen LogP contribution in [-0.4, -0.2) is 25.7 Å². The number of aromatic nitrogens is 4. The molecule has 1 aromatic carbocycles. The SMILES string of the molecule is Cc1cc(C)c(C=Nn2cc(C)nc2N)c(-n2cccn2)c1. The third-order valence-corrected chi connectivity index (χ3v) is 3.41. The van der Waals surface area contributed by atoms with Crippen molar-refractivity contribution in [2.75, 3.05) is 5.73 Å². The zero-order valence-electron chi connectivity index (χ0n) is 12.9. The number of nitrogens with zero attached hydrogens (tertiary/aromatic N) is 5. The Kier molecular flexibility index (Phi) is 3.50. The van der Waals surface area contributed by atoms with Crippen LogP contribution in [0.4, 0.5) is 5.95 Å². The van der Waals surface area contributed by atoms with Gasteiger partial charge in [-0.25, -0.2) is 14.3 Å². The van der Waals surface area contributed by atoms with Crippen molar-refractivity contribution in [2.24, 2.45) is 5.10 Å². The second-order valence-corrected chi connectivity index (χ2v) is 5.29. The molecule has 0 fully saturated rings. The molecule has 2 N–H and O–H groups in total. The number of aryl methyl sites for hydroxylation is 3. The van der Waals surface area contributed by atoms with E-state index in [0.717, 1.165) is 22.5 Å². The molecule has 0 saturated carbocycles. The van der Waals surface area contributed by atoms with Crippen LogP contribution in [0.25, 0.3) is 5.69 Å². The smallest absolute Gasteiger partial charge is 0.221 e. The molecule has 3 aromatic rings. The molecule has 2 heterocycles. The van der Waals surface area contributed by atoms with Gasteiger partial charge in [0.2, 0.25) is 5.95 Å². The molecule has 0 aliphatic rings. The molecule has 22 heavy (non-hydrogen) atoms. The Balaban J connectivity index is 2.08. The van der Waals surface area contributed by atoms with Crippen LogP contribution >= 0.6 is 0 Å². The lowest BCUT2D eigenvalue weighted by Gasteiger charge is -2.10. The molecule has 3 rings (SSSR count). The number of anilines is 1. The fraction of sp³-hybridized carbons (Fsp3) is 0.188. The fourth-order valence-electron chi connectivity index (χ4n) is 2.44. The second-order valence-electron chi connectivity index (χ2n) is 5.29. The summed E-state index contributed by atoms with van der Waals surface area (Å²) < 4.78 is 3.41. The normalized spacial score (nSPS) is 11.4. The van der Waals surface area contributed by atoms with Gasteiger partial charge in [-0.2, -0.15) is 10.2 Å². The molecule has 0 aliphatic heterocycles. The maximum absolute atomic E-state index is 5.82. The Hall–Kier alpha value is -2.89. The molecule has 112 valence electrons. The van der Waals surface area contributed by atoms with Crippen molar-refractivity contribution in [1.29, 1.82) is 0 Å². The largest absolute Gasteiger partial charge is 0.368 e. The lowest BCUT2D eigenvalue weighted by Crippen LogP contribution is -2.04. The van der Waals surface area contributed by atoms with E-state index in [2.05, 4.69) is 41.2 Å². The van der Waals surface area contributed by atoms with Gasteiger partial charge in [-0.15, -0.1) is 0 Å². The number of rotatable bonds is 3. The lowest BCUT2D eigenvalue weighted by atomic mass is 10.0. The summed E-state index contributed by atoms with van der Waals surface area (Å²) in [4.78, 5) is 4.14. The molecule has 6 heteroatoms. The van der Waals surface area contributed by atoms with E-state index in [0.29, 0.717) is 5.95 Å². The highest BCUT2D eigenvalue weighted by molar-refractivity contribution is 5.87. The highest BCUT2D eigenvalue weighted by atomic mass is 15.4. The summed E-state index contributed by atoms with van der Waals surface area (Å²) in [5, 5.41) is 8.74. The lowest BCUT2D eigenvalue weighted by molar-refractivity contribution is 0.871. The number of nitrogen functional groups attached to an aromatic ring is 1. The van der Waals surface area contributed by atoms with E-state index in [4.69, 9.17) is 5.73 Å². The second kappa shape index (κ2) is 5.48. The highest BCUT2D eigenvalue weighted by Gasteiger charge is 2.08. The Morgan fingerprint density at radius 1 is 1.23 bits per heavy atom. The Morgan fingerprint density at radius 2 is 2.05 bits per heavy atom. The van der Waals surface area contributed by atoms with Crippen molar-refractivity contribution in [2.45, 2.75) is 20.8 Å². The third kappa shape index (κ3) is 2.63. The summed E-state index contributed by atoms with van der Waals surface area (Å²) in [5.74, 6) is 0.374. The molecular formula is C16H18N6. The van der Waals surface area contributed by atoms with Gasteiger partial charge in [-0.3, -0.25) is 0 Å². The van der Waals surface area contributed by atoms with E-state index in [9.17, 15) is 0 Å². The van der Waals surface area contributed by atoms with E-state index in [1.165, 1.54) is 5.56 Å². The Bertz CT molecular complexity index is 827. The minimum atomic E-state index is 0.374. The summed E-state index contributed by atoms with van der Waals surface area (Å²) in [7, 11) is 0. The fourth-order valence-corrected chi connectivity index (χ4v) is 2.44. The van der Waals surface area contributed by atoms with Gasteiger partial charge in [0, 0.05) is 18.0 Å². The van der Waals surface area contributed by atoms with Gasteiger partial charge in [0.1, 0.15) is 0 Å². The zero-order valence-corrected chi connectivity index (χ0v) is 12.9. The van der Waals surface area contributed by atoms with Gasteiger partial charge in [-0.1, -0.05) is 6.07 Å². The van der Waals surface area contributed by atoms with Crippen molar-refractivity contribution < 1.29 is 0 Å². The zero-order chi connectivity index (χ0) is 15.7. The van der Waals surface area contributed by atoms with Crippen LogP contribution in [0, 0.1) is 20.8 Å². The summed E-state index contributed by atoms with van der Waals surface area (Å²) in [5.41, 5.74) is 11.0. The van der Waals surface area contributed by atoms with Crippen LogP contribution in [-0.2, 0) is 0 Å². The Morgan fingerprint density at radius 3 is 2.68 bits per heavy atom. The Labute approximate surface area is 128 Å². The maximum Gasteiger partial charge on any atom is 0.221 e. The number of imidazole rings is 1. The molecule has 0 spiro atoms. The first-order valence-corrected chi connectivity index (χ1v) is 7.01. The quantitative estimate of drug-likeness (QED) is 0.754. The first-order valence-electron chi connectivity index (χ1n) is 7.01. The number of hydrogen-bond donors (Lipinski definition) is 1. The van der Waals surface area contributed by atoms with Crippen molar-refractivity contribution in [1.82, 2.24) is 19.4 Å². The molecular weight excluding hydrogens is 276 g/mol. The molecule has 2 aromatic heterocycles. The highest BCUT2D eigenvalue weighted by Crippen LogP contribution is 2.19. The van der Waals surface area contributed by atoms with Crippen molar-refractivity contribution in [3.63, 3.8) is 0 Å². The third-order valence-electron chi connectivity index (χ3n) is 3.41. The minimum absolute atomic E-state index is 0.374. The van der Waals surface area contributed by atoms with Crippen LogP contribution < -0.4 is 5.73 Å². The predicted molar refractivity (Wildman–Crippen MR) is 87.4 cm³/mol. The predicted octanol–water partition coefficient (Wildman–Crippen LogP) is 2.46. The minimum Gasteiger partial charge on any atom is -0.368 e. The van der Waals surface area contributed by atoms with Crippen molar-refractivity contribution in [3.05, 3.63) is 59.2 Å². The van der Waals surface area contributed by atoms with Crippen LogP contribution in [0.3, 0.4) is 0 Å². The summed E-state index contributed by atoms with van der Waals surface area (Å²) in [6.07, 6.45) is 7.27. The number of hydrogen-bond acceptors (Lipinski definition) is 4. The first-order chi connectivity index (χ1) is 10.5.